The maximum atomic E-state index is 11.9. The van der Waals surface area contributed by atoms with Gasteiger partial charge in [-0.2, -0.15) is 5.10 Å². The molecule has 1 aromatic carbocycles. The van der Waals surface area contributed by atoms with Crippen molar-refractivity contribution in [3.8, 4) is 23.3 Å². The fourth-order valence-electron chi connectivity index (χ4n) is 3.77. The number of carbonyl (C=O) groups excluding carboxylic acids is 1. The highest BCUT2D eigenvalue weighted by Crippen LogP contribution is 2.26. The predicted octanol–water partition coefficient (Wildman–Crippen LogP) is 3.59. The first kappa shape index (κ1) is 25.6. The van der Waals surface area contributed by atoms with E-state index in [2.05, 4.69) is 23.4 Å². The topological polar surface area (TPSA) is 95.0 Å². The number of amidine groups is 1. The molecule has 8 nitrogen and oxygen atoms in total. The Morgan fingerprint density at radius 3 is 2.43 bits per heavy atom. The Hall–Kier alpha value is -3.99. The van der Waals surface area contributed by atoms with Gasteiger partial charge in [0.2, 0.25) is 5.91 Å². The van der Waals surface area contributed by atoms with Crippen molar-refractivity contribution in [1.29, 1.82) is 0 Å². The lowest BCUT2D eigenvalue weighted by molar-refractivity contribution is -0.131. The van der Waals surface area contributed by atoms with Crippen LogP contribution >= 0.6 is 0 Å². The second kappa shape index (κ2) is 11.9. The summed E-state index contributed by atoms with van der Waals surface area (Å²) in [7, 11) is 0. The maximum absolute atomic E-state index is 11.9. The first-order valence-electron chi connectivity index (χ1n) is 11.8. The lowest BCUT2D eigenvalue weighted by Crippen LogP contribution is -2.50. The van der Waals surface area contributed by atoms with Crippen LogP contribution in [0.5, 0.6) is 11.5 Å². The number of nitrogens with zero attached hydrogens (tertiary/aromatic N) is 4. The number of nitrogens with two attached hydrogens (primary N) is 1. The average Bonchev–Trinajstić information content (AvgIpc) is 3.12. The Morgan fingerprint density at radius 2 is 1.86 bits per heavy atom. The molecule has 0 aliphatic carbocycles. The van der Waals surface area contributed by atoms with Gasteiger partial charge in [0.15, 0.2) is 0 Å². The minimum Gasteiger partial charge on any atom is -0.494 e. The molecule has 2 heterocycles. The molecule has 0 radical (unpaired) electrons. The van der Waals surface area contributed by atoms with Crippen LogP contribution in [0.25, 0.3) is 0 Å². The molecule has 184 valence electrons. The predicted molar refractivity (Wildman–Crippen MR) is 138 cm³/mol. The SMILES string of the molecule is C=CC(=O)N1CC(n2nc(C#Cc3cc(OCC)cc(OCC)c3)c(C(N)=N/C=C/CC)c2C)C1. The fourth-order valence-corrected chi connectivity index (χ4v) is 3.77. The summed E-state index contributed by atoms with van der Waals surface area (Å²) < 4.78 is 13.2. The van der Waals surface area contributed by atoms with Gasteiger partial charge in [0, 0.05) is 36.6 Å². The van der Waals surface area contributed by atoms with E-state index in [-0.39, 0.29) is 11.9 Å². The highest BCUT2D eigenvalue weighted by molar-refractivity contribution is 6.00. The molecule has 2 N–H and O–H groups in total. The zero-order chi connectivity index (χ0) is 25.4. The molecular formula is C27H33N5O3. The van der Waals surface area contributed by atoms with Gasteiger partial charge in [-0.15, -0.1) is 0 Å². The molecule has 1 aliphatic rings. The summed E-state index contributed by atoms with van der Waals surface area (Å²) in [6.45, 7) is 13.6. The lowest BCUT2D eigenvalue weighted by Gasteiger charge is -2.39. The number of carbonyl (C=O) groups is 1. The Labute approximate surface area is 207 Å². The summed E-state index contributed by atoms with van der Waals surface area (Å²) in [5.74, 6) is 8.00. The number of hydrogen-bond acceptors (Lipinski definition) is 5. The molecule has 2 aromatic rings. The number of aliphatic imine (C=N–C) groups is 1. The zero-order valence-corrected chi connectivity index (χ0v) is 20.9. The van der Waals surface area contributed by atoms with Crippen LogP contribution in [0.15, 0.2) is 48.1 Å². The Morgan fingerprint density at radius 1 is 1.20 bits per heavy atom. The van der Waals surface area contributed by atoms with Crippen LogP contribution in [-0.2, 0) is 4.79 Å². The number of likely N-dealkylation sites (tertiary alicyclic amines) is 1. The number of allylic oxidation sites excluding steroid dienone is 1. The number of hydrogen-bond donors (Lipinski definition) is 1. The zero-order valence-electron chi connectivity index (χ0n) is 20.9. The molecular weight excluding hydrogens is 442 g/mol. The average molecular weight is 476 g/mol. The lowest BCUT2D eigenvalue weighted by atomic mass is 10.1. The number of amides is 1. The number of ether oxygens (including phenoxy) is 2. The number of rotatable bonds is 9. The van der Waals surface area contributed by atoms with Crippen LogP contribution in [0.2, 0.25) is 0 Å². The molecule has 8 heteroatoms. The van der Waals surface area contributed by atoms with E-state index in [4.69, 9.17) is 20.3 Å². The van der Waals surface area contributed by atoms with E-state index < -0.39 is 0 Å². The van der Waals surface area contributed by atoms with Gasteiger partial charge in [0.1, 0.15) is 23.0 Å². The molecule has 1 aromatic heterocycles. The minimum absolute atomic E-state index is 0.0398. The molecule has 0 unspecified atom stereocenters. The van der Waals surface area contributed by atoms with Crippen LogP contribution in [0, 0.1) is 18.8 Å². The normalized spacial score (nSPS) is 13.8. The second-order valence-electron chi connectivity index (χ2n) is 7.97. The van der Waals surface area contributed by atoms with Crippen molar-refractivity contribution in [1.82, 2.24) is 14.7 Å². The third-order valence-corrected chi connectivity index (χ3v) is 5.48. The van der Waals surface area contributed by atoms with Crippen LogP contribution in [0.1, 0.15) is 55.7 Å². The van der Waals surface area contributed by atoms with Gasteiger partial charge in [0.05, 0.1) is 24.8 Å². The molecule has 3 rings (SSSR count). The molecule has 0 spiro atoms. The maximum Gasteiger partial charge on any atom is 0.246 e. The first-order chi connectivity index (χ1) is 16.9. The Kier molecular flexibility index (Phi) is 8.74. The summed E-state index contributed by atoms with van der Waals surface area (Å²) in [5.41, 5.74) is 9.18. The molecule has 0 atom stereocenters. The van der Waals surface area contributed by atoms with E-state index in [1.807, 2.05) is 56.7 Å². The van der Waals surface area contributed by atoms with E-state index >= 15 is 0 Å². The van der Waals surface area contributed by atoms with Crippen molar-refractivity contribution in [3.05, 3.63) is 65.6 Å². The van der Waals surface area contributed by atoms with Crippen LogP contribution in [0.4, 0.5) is 0 Å². The van der Waals surface area contributed by atoms with E-state index in [1.54, 1.807) is 11.1 Å². The summed E-state index contributed by atoms with van der Waals surface area (Å²) in [6, 6.07) is 5.63. The Bertz CT molecular complexity index is 1170. The number of benzene rings is 1. The van der Waals surface area contributed by atoms with Gasteiger partial charge in [-0.3, -0.25) is 9.48 Å². The summed E-state index contributed by atoms with van der Waals surface area (Å²) in [4.78, 5) is 18.0. The summed E-state index contributed by atoms with van der Waals surface area (Å²) in [5, 5.41) is 4.77. The van der Waals surface area contributed by atoms with Crippen LogP contribution < -0.4 is 15.2 Å². The third kappa shape index (κ3) is 6.12. The quantitative estimate of drug-likeness (QED) is 0.259. The van der Waals surface area contributed by atoms with Gasteiger partial charge < -0.3 is 20.1 Å². The van der Waals surface area contributed by atoms with Crippen molar-refractivity contribution in [2.45, 2.75) is 40.2 Å². The van der Waals surface area contributed by atoms with E-state index in [0.717, 1.165) is 17.7 Å². The largest absolute Gasteiger partial charge is 0.494 e. The van der Waals surface area contributed by atoms with E-state index in [1.165, 1.54) is 6.08 Å². The highest BCUT2D eigenvalue weighted by atomic mass is 16.5. The summed E-state index contributed by atoms with van der Waals surface area (Å²) in [6.07, 6.45) is 5.80. The second-order valence-corrected chi connectivity index (χ2v) is 7.97. The van der Waals surface area contributed by atoms with Crippen molar-refractivity contribution in [2.24, 2.45) is 10.7 Å². The molecule has 1 amide bonds. The van der Waals surface area contributed by atoms with Crippen molar-refractivity contribution in [2.75, 3.05) is 26.3 Å². The first-order valence-corrected chi connectivity index (χ1v) is 11.8. The van der Waals surface area contributed by atoms with Crippen molar-refractivity contribution < 1.29 is 14.3 Å². The van der Waals surface area contributed by atoms with E-state index in [9.17, 15) is 4.79 Å². The molecule has 1 fully saturated rings. The monoisotopic (exact) mass is 475 g/mol. The van der Waals surface area contributed by atoms with Gasteiger partial charge in [-0.25, -0.2) is 4.99 Å². The molecule has 0 saturated carbocycles. The smallest absolute Gasteiger partial charge is 0.246 e. The van der Waals surface area contributed by atoms with E-state index in [0.29, 0.717) is 54.9 Å². The minimum atomic E-state index is -0.0867. The standard InChI is InChI=1S/C27H33N5O3/c1-6-10-13-29-27(28)26-19(5)32(21-17-31(18-21)25(33)7-2)30-24(26)12-11-20-14-22(34-8-3)16-23(15-20)35-9-4/h7,10,13-16,21H,2,6,8-9,17-18H2,1,3-5H3,(H2,28,29)/b13-10+. The molecule has 0 bridgehead atoms. The van der Waals surface area contributed by atoms with Crippen LogP contribution in [-0.4, -0.2) is 52.7 Å². The van der Waals surface area contributed by atoms with Crippen molar-refractivity contribution in [3.63, 3.8) is 0 Å². The van der Waals surface area contributed by atoms with Gasteiger partial charge in [0.25, 0.3) is 0 Å². The molecule has 35 heavy (non-hydrogen) atoms. The molecule has 1 aliphatic heterocycles. The Balaban J connectivity index is 2.01. The third-order valence-electron chi connectivity index (χ3n) is 5.48. The van der Waals surface area contributed by atoms with Crippen molar-refractivity contribution >= 4 is 11.7 Å². The van der Waals surface area contributed by atoms with Gasteiger partial charge in [-0.1, -0.05) is 25.5 Å². The fraction of sp³-hybridized carbons (Fsp3) is 0.370. The number of aromatic nitrogens is 2. The highest BCUT2D eigenvalue weighted by Gasteiger charge is 2.33. The van der Waals surface area contributed by atoms with Crippen LogP contribution in [0.3, 0.4) is 0 Å². The summed E-state index contributed by atoms with van der Waals surface area (Å²) >= 11 is 0. The van der Waals surface area contributed by atoms with Gasteiger partial charge in [-0.05, 0) is 51.3 Å². The molecule has 1 saturated heterocycles. The van der Waals surface area contributed by atoms with Gasteiger partial charge >= 0.3 is 0 Å².